The normalized spacial score (nSPS) is 36.1. The molecule has 4 rings (SSSR count). The molecule has 0 aromatic heterocycles. The van der Waals surface area contributed by atoms with E-state index in [1.807, 2.05) is 7.11 Å². The SMILES string of the molecule is COC1(C2CCCNCC2)C(C2CCCCC2)=CC=C(C(N)=O)C1C1CCCNCC1. The molecule has 0 radical (unpaired) electrons. The minimum Gasteiger partial charge on any atom is -0.373 e. The molecule has 174 valence electrons. The van der Waals surface area contributed by atoms with Crippen LogP contribution in [-0.4, -0.2) is 44.8 Å². The first kappa shape index (κ1) is 23.0. The van der Waals surface area contributed by atoms with Gasteiger partial charge in [0.1, 0.15) is 0 Å². The highest BCUT2D eigenvalue weighted by Gasteiger charge is 2.55. The van der Waals surface area contributed by atoms with E-state index in [2.05, 4.69) is 22.8 Å². The molecule has 4 aliphatic rings. The number of amides is 1. The first-order chi connectivity index (χ1) is 15.2. The summed E-state index contributed by atoms with van der Waals surface area (Å²) in [6.07, 6.45) is 17.6. The van der Waals surface area contributed by atoms with Crippen molar-refractivity contribution in [2.75, 3.05) is 33.3 Å². The van der Waals surface area contributed by atoms with Gasteiger partial charge in [-0.15, -0.1) is 0 Å². The minimum absolute atomic E-state index is 0.0694. The van der Waals surface area contributed by atoms with E-state index in [1.54, 1.807) is 0 Å². The van der Waals surface area contributed by atoms with Gasteiger partial charge in [-0.25, -0.2) is 0 Å². The Hall–Kier alpha value is -1.17. The Morgan fingerprint density at radius 3 is 2.32 bits per heavy atom. The average Bonchev–Trinajstić information content (AvgIpc) is 3.24. The third kappa shape index (κ3) is 4.65. The van der Waals surface area contributed by atoms with Gasteiger partial charge in [-0.1, -0.05) is 31.4 Å². The van der Waals surface area contributed by atoms with Gasteiger partial charge in [-0.3, -0.25) is 4.79 Å². The van der Waals surface area contributed by atoms with Crippen LogP contribution < -0.4 is 16.4 Å². The smallest absolute Gasteiger partial charge is 0.245 e. The predicted molar refractivity (Wildman–Crippen MR) is 126 cm³/mol. The summed E-state index contributed by atoms with van der Waals surface area (Å²) in [4.78, 5) is 12.8. The average molecular weight is 430 g/mol. The van der Waals surface area contributed by atoms with E-state index < -0.39 is 5.60 Å². The molecule has 4 atom stereocenters. The van der Waals surface area contributed by atoms with Crippen LogP contribution in [0.15, 0.2) is 23.3 Å². The number of hydrogen-bond acceptors (Lipinski definition) is 4. The van der Waals surface area contributed by atoms with Crippen LogP contribution in [0.1, 0.15) is 70.6 Å². The highest BCUT2D eigenvalue weighted by atomic mass is 16.5. The first-order valence-electron chi connectivity index (χ1n) is 12.9. The van der Waals surface area contributed by atoms with Gasteiger partial charge in [-0.05, 0) is 101 Å². The molecule has 2 aliphatic carbocycles. The van der Waals surface area contributed by atoms with Crippen molar-refractivity contribution in [1.82, 2.24) is 10.6 Å². The maximum Gasteiger partial charge on any atom is 0.245 e. The molecule has 2 heterocycles. The van der Waals surface area contributed by atoms with E-state index >= 15 is 0 Å². The number of rotatable bonds is 5. The summed E-state index contributed by atoms with van der Waals surface area (Å²) >= 11 is 0. The Balaban J connectivity index is 1.82. The second kappa shape index (κ2) is 10.6. The van der Waals surface area contributed by atoms with Crippen molar-refractivity contribution in [3.63, 3.8) is 0 Å². The fourth-order valence-electron chi connectivity index (χ4n) is 7.26. The van der Waals surface area contributed by atoms with Gasteiger partial charge >= 0.3 is 0 Å². The van der Waals surface area contributed by atoms with E-state index in [-0.39, 0.29) is 11.8 Å². The molecule has 4 N–H and O–H groups in total. The van der Waals surface area contributed by atoms with Crippen LogP contribution >= 0.6 is 0 Å². The standard InChI is InChI=1S/C26H43N3O2/c1-31-26(21-10-6-16-29-18-14-21)23(19-7-3-2-4-8-19)12-11-22(25(27)30)24(26)20-9-5-15-28-17-13-20/h11-12,19-21,24,28-29H,2-10,13-18H2,1H3,(H2,27,30). The zero-order valence-corrected chi connectivity index (χ0v) is 19.5. The van der Waals surface area contributed by atoms with E-state index in [0.29, 0.717) is 17.8 Å². The lowest BCUT2D eigenvalue weighted by atomic mass is 9.56. The van der Waals surface area contributed by atoms with Crippen LogP contribution in [0.25, 0.3) is 0 Å². The number of carbonyl (C=O) groups excluding carboxylic acids is 1. The Labute approximate surface area is 188 Å². The largest absolute Gasteiger partial charge is 0.373 e. The Kier molecular flexibility index (Phi) is 7.89. The second-order valence-electron chi connectivity index (χ2n) is 10.2. The molecule has 3 fully saturated rings. The molecule has 0 bridgehead atoms. The number of ether oxygens (including phenoxy) is 1. The van der Waals surface area contributed by atoms with Gasteiger partial charge in [0.25, 0.3) is 0 Å². The number of methoxy groups -OCH3 is 1. The zero-order valence-electron chi connectivity index (χ0n) is 19.5. The molecule has 0 aromatic carbocycles. The van der Waals surface area contributed by atoms with Gasteiger partial charge in [0, 0.05) is 18.6 Å². The molecular weight excluding hydrogens is 386 g/mol. The monoisotopic (exact) mass is 429 g/mol. The molecule has 31 heavy (non-hydrogen) atoms. The van der Waals surface area contributed by atoms with Crippen LogP contribution in [0.2, 0.25) is 0 Å². The molecule has 4 unspecified atom stereocenters. The Morgan fingerprint density at radius 2 is 1.61 bits per heavy atom. The van der Waals surface area contributed by atoms with E-state index in [4.69, 9.17) is 10.5 Å². The molecule has 0 spiro atoms. The lowest BCUT2D eigenvalue weighted by Crippen LogP contribution is -2.56. The summed E-state index contributed by atoms with van der Waals surface area (Å²) in [5, 5.41) is 7.17. The highest BCUT2D eigenvalue weighted by Crippen LogP contribution is 2.54. The van der Waals surface area contributed by atoms with E-state index in [1.165, 1.54) is 44.1 Å². The number of nitrogens with two attached hydrogens (primary N) is 1. The van der Waals surface area contributed by atoms with E-state index in [9.17, 15) is 4.79 Å². The topological polar surface area (TPSA) is 76.4 Å². The van der Waals surface area contributed by atoms with Crippen molar-refractivity contribution < 1.29 is 9.53 Å². The number of allylic oxidation sites excluding steroid dienone is 2. The summed E-state index contributed by atoms with van der Waals surface area (Å²) < 4.78 is 6.76. The molecule has 2 saturated heterocycles. The number of primary amides is 1. The lowest BCUT2D eigenvalue weighted by Gasteiger charge is -2.53. The van der Waals surface area contributed by atoms with Gasteiger partial charge in [0.05, 0.1) is 5.60 Å². The van der Waals surface area contributed by atoms with Crippen LogP contribution in [0.3, 0.4) is 0 Å². The molecule has 5 nitrogen and oxygen atoms in total. The summed E-state index contributed by atoms with van der Waals surface area (Å²) in [7, 11) is 1.92. The summed E-state index contributed by atoms with van der Waals surface area (Å²) in [5.74, 6) is 1.23. The maximum atomic E-state index is 12.8. The maximum absolute atomic E-state index is 12.8. The molecule has 0 aromatic rings. The zero-order chi connectivity index (χ0) is 21.7. The third-order valence-electron chi connectivity index (χ3n) is 8.63. The third-order valence-corrected chi connectivity index (χ3v) is 8.63. The van der Waals surface area contributed by atoms with Crippen LogP contribution in [0.4, 0.5) is 0 Å². The fourth-order valence-corrected chi connectivity index (χ4v) is 7.26. The highest BCUT2D eigenvalue weighted by molar-refractivity contribution is 5.93. The second-order valence-corrected chi connectivity index (χ2v) is 10.2. The lowest BCUT2D eigenvalue weighted by molar-refractivity contribution is -0.121. The van der Waals surface area contributed by atoms with Gasteiger partial charge in [-0.2, -0.15) is 0 Å². The van der Waals surface area contributed by atoms with Crippen molar-refractivity contribution in [2.24, 2.45) is 29.4 Å². The molecule has 5 heteroatoms. The van der Waals surface area contributed by atoms with Crippen LogP contribution in [0.5, 0.6) is 0 Å². The van der Waals surface area contributed by atoms with Gasteiger partial charge < -0.3 is 21.1 Å². The summed E-state index contributed by atoms with van der Waals surface area (Å²) in [6.45, 7) is 4.19. The van der Waals surface area contributed by atoms with Crippen molar-refractivity contribution in [1.29, 1.82) is 0 Å². The Bertz CT molecular complexity index is 666. The number of nitrogens with one attached hydrogen (secondary N) is 2. The summed E-state index contributed by atoms with van der Waals surface area (Å²) in [6, 6.07) is 0. The number of carbonyl (C=O) groups is 1. The predicted octanol–water partition coefficient (Wildman–Crippen LogP) is 3.70. The quantitative estimate of drug-likeness (QED) is 0.623. The van der Waals surface area contributed by atoms with Crippen molar-refractivity contribution in [2.45, 2.75) is 76.2 Å². The van der Waals surface area contributed by atoms with Gasteiger partial charge in [0.15, 0.2) is 0 Å². The molecule has 1 amide bonds. The van der Waals surface area contributed by atoms with Crippen molar-refractivity contribution in [3.05, 3.63) is 23.3 Å². The molecule has 1 saturated carbocycles. The minimum atomic E-state index is -0.401. The van der Waals surface area contributed by atoms with Crippen molar-refractivity contribution >= 4 is 5.91 Å². The summed E-state index contributed by atoms with van der Waals surface area (Å²) in [5.41, 5.74) is 7.93. The van der Waals surface area contributed by atoms with E-state index in [0.717, 1.165) is 63.9 Å². The first-order valence-corrected chi connectivity index (χ1v) is 12.9. The molecular formula is C26H43N3O2. The fraction of sp³-hybridized carbons (Fsp3) is 0.808. The van der Waals surface area contributed by atoms with Crippen molar-refractivity contribution in [3.8, 4) is 0 Å². The Morgan fingerprint density at radius 1 is 0.903 bits per heavy atom. The van der Waals surface area contributed by atoms with Crippen LogP contribution in [-0.2, 0) is 9.53 Å². The van der Waals surface area contributed by atoms with Gasteiger partial charge in [0.2, 0.25) is 5.91 Å². The number of hydrogen-bond donors (Lipinski definition) is 3. The molecule has 2 aliphatic heterocycles. The van der Waals surface area contributed by atoms with Crippen LogP contribution in [0, 0.1) is 23.7 Å².